The largest absolute Gasteiger partial charge is 0.384 e. The Morgan fingerprint density at radius 3 is 2.92 bits per heavy atom. The molecule has 0 saturated carbocycles. The number of aromatic nitrogens is 3. The second-order valence-corrected chi connectivity index (χ2v) is 2.89. The fourth-order valence-corrected chi connectivity index (χ4v) is 1.22. The molecule has 62 valence electrons. The van der Waals surface area contributed by atoms with Crippen molar-refractivity contribution in [3.05, 3.63) is 23.5 Å². The zero-order chi connectivity index (χ0) is 8.72. The molecule has 0 unspecified atom stereocenters. The average Bonchev–Trinajstić information content (AvgIpc) is 2.33. The molecule has 12 heavy (non-hydrogen) atoms. The molecule has 2 N–H and O–H groups in total. The number of aryl methyl sites for hydroxylation is 2. The van der Waals surface area contributed by atoms with Gasteiger partial charge in [0.15, 0.2) is 5.65 Å². The maximum Gasteiger partial charge on any atom is 0.160 e. The van der Waals surface area contributed by atoms with E-state index in [0.29, 0.717) is 5.82 Å². The maximum atomic E-state index is 5.73. The van der Waals surface area contributed by atoms with Crippen LogP contribution in [0.2, 0.25) is 0 Å². The number of fused-ring (bicyclic) bond motifs is 1. The maximum absolute atomic E-state index is 5.73. The highest BCUT2D eigenvalue weighted by Gasteiger charge is 2.03. The molecule has 0 aliphatic heterocycles. The van der Waals surface area contributed by atoms with Crippen molar-refractivity contribution >= 4 is 11.5 Å². The van der Waals surface area contributed by atoms with E-state index in [1.807, 2.05) is 13.8 Å². The molecule has 0 spiro atoms. The van der Waals surface area contributed by atoms with Gasteiger partial charge in [-0.25, -0.2) is 4.98 Å². The lowest BCUT2D eigenvalue weighted by atomic mass is 10.3. The highest BCUT2D eigenvalue weighted by molar-refractivity contribution is 5.51. The van der Waals surface area contributed by atoms with Crippen molar-refractivity contribution in [2.75, 3.05) is 5.73 Å². The average molecular weight is 162 g/mol. The minimum Gasteiger partial charge on any atom is -0.384 e. The molecular weight excluding hydrogens is 152 g/mol. The molecular formula is C8H10N4. The molecule has 0 atom stereocenters. The van der Waals surface area contributed by atoms with Gasteiger partial charge in [0.1, 0.15) is 5.82 Å². The van der Waals surface area contributed by atoms with Crippen molar-refractivity contribution in [1.82, 2.24) is 14.6 Å². The second kappa shape index (κ2) is 2.20. The van der Waals surface area contributed by atoms with Gasteiger partial charge in [0, 0.05) is 17.3 Å². The van der Waals surface area contributed by atoms with Gasteiger partial charge in [0.25, 0.3) is 0 Å². The lowest BCUT2D eigenvalue weighted by Crippen LogP contribution is -2.00. The van der Waals surface area contributed by atoms with Gasteiger partial charge >= 0.3 is 0 Å². The summed E-state index contributed by atoms with van der Waals surface area (Å²) in [7, 11) is 0. The molecule has 0 aromatic carbocycles. The normalized spacial score (nSPS) is 10.8. The van der Waals surface area contributed by atoms with E-state index in [4.69, 9.17) is 5.73 Å². The van der Waals surface area contributed by atoms with Crippen LogP contribution in [0, 0.1) is 13.8 Å². The summed E-state index contributed by atoms with van der Waals surface area (Å²) in [5, 5.41) is 4.09. The van der Waals surface area contributed by atoms with Gasteiger partial charge < -0.3 is 5.73 Å². The van der Waals surface area contributed by atoms with Crippen LogP contribution in [0.1, 0.15) is 11.3 Å². The molecule has 0 bridgehead atoms. The van der Waals surface area contributed by atoms with Gasteiger partial charge in [-0.3, -0.25) is 0 Å². The topological polar surface area (TPSA) is 56.2 Å². The highest BCUT2D eigenvalue weighted by atomic mass is 15.3. The Kier molecular flexibility index (Phi) is 1.30. The summed E-state index contributed by atoms with van der Waals surface area (Å²) >= 11 is 0. The Labute approximate surface area is 70.0 Å². The molecule has 0 radical (unpaired) electrons. The molecule has 2 aromatic heterocycles. The van der Waals surface area contributed by atoms with E-state index >= 15 is 0 Å². The van der Waals surface area contributed by atoms with Crippen LogP contribution in [-0.2, 0) is 0 Å². The lowest BCUT2D eigenvalue weighted by molar-refractivity contribution is 0.942. The van der Waals surface area contributed by atoms with Gasteiger partial charge in [0.05, 0.1) is 6.20 Å². The van der Waals surface area contributed by atoms with Gasteiger partial charge in [0.2, 0.25) is 0 Å². The van der Waals surface area contributed by atoms with Crippen molar-refractivity contribution in [3.63, 3.8) is 0 Å². The summed E-state index contributed by atoms with van der Waals surface area (Å²) in [6, 6.07) is 1.80. The number of hydrogen-bond acceptors (Lipinski definition) is 3. The van der Waals surface area contributed by atoms with Crippen LogP contribution >= 0.6 is 0 Å². The zero-order valence-corrected chi connectivity index (χ0v) is 7.07. The summed E-state index contributed by atoms with van der Waals surface area (Å²) in [5.41, 5.74) is 8.54. The molecule has 2 aromatic rings. The predicted molar refractivity (Wildman–Crippen MR) is 46.9 cm³/mol. The Hall–Kier alpha value is -1.58. The summed E-state index contributed by atoms with van der Waals surface area (Å²) < 4.78 is 1.64. The van der Waals surface area contributed by atoms with Crippen LogP contribution in [0.15, 0.2) is 12.3 Å². The zero-order valence-electron chi connectivity index (χ0n) is 7.07. The van der Waals surface area contributed by atoms with Gasteiger partial charge in [-0.05, 0) is 13.8 Å². The van der Waals surface area contributed by atoms with E-state index in [9.17, 15) is 0 Å². The van der Waals surface area contributed by atoms with Crippen molar-refractivity contribution in [2.45, 2.75) is 13.8 Å². The fraction of sp³-hybridized carbons (Fsp3) is 0.250. The van der Waals surface area contributed by atoms with E-state index in [-0.39, 0.29) is 0 Å². The van der Waals surface area contributed by atoms with Crippen LogP contribution < -0.4 is 5.73 Å². The fourth-order valence-electron chi connectivity index (χ4n) is 1.22. The number of nitrogens with zero attached hydrogens (tertiary/aromatic N) is 3. The molecule has 0 aliphatic rings. The van der Waals surface area contributed by atoms with Crippen LogP contribution in [0.3, 0.4) is 0 Å². The Balaban J connectivity index is 2.92. The third kappa shape index (κ3) is 0.845. The predicted octanol–water partition coefficient (Wildman–Crippen LogP) is 0.928. The first-order valence-electron chi connectivity index (χ1n) is 3.76. The van der Waals surface area contributed by atoms with E-state index < -0.39 is 0 Å². The van der Waals surface area contributed by atoms with Crippen LogP contribution in [-0.4, -0.2) is 14.6 Å². The van der Waals surface area contributed by atoms with Gasteiger partial charge in [-0.1, -0.05) is 0 Å². The molecule has 0 saturated heterocycles. The standard InChI is InChI=1S/C8H10N4/c1-5-4-10-12-7(9)3-6(2)11-8(5)12/h3-4H,9H2,1-2H3. The molecule has 2 heterocycles. The third-order valence-electron chi connectivity index (χ3n) is 1.80. The molecule has 4 nitrogen and oxygen atoms in total. The highest BCUT2D eigenvalue weighted by Crippen LogP contribution is 2.11. The summed E-state index contributed by atoms with van der Waals surface area (Å²) in [6.45, 7) is 3.89. The molecule has 0 amide bonds. The van der Waals surface area contributed by atoms with Crippen LogP contribution in [0.4, 0.5) is 5.82 Å². The molecule has 0 fully saturated rings. The number of nitrogens with two attached hydrogens (primary N) is 1. The first-order valence-corrected chi connectivity index (χ1v) is 3.76. The van der Waals surface area contributed by atoms with E-state index in [1.165, 1.54) is 0 Å². The quantitative estimate of drug-likeness (QED) is 0.627. The van der Waals surface area contributed by atoms with Crippen LogP contribution in [0.25, 0.3) is 5.65 Å². The smallest absolute Gasteiger partial charge is 0.160 e. The summed E-state index contributed by atoms with van der Waals surface area (Å²) in [4.78, 5) is 4.32. The van der Waals surface area contributed by atoms with Gasteiger partial charge in [-0.15, -0.1) is 0 Å². The second-order valence-electron chi connectivity index (χ2n) is 2.89. The number of anilines is 1. The first kappa shape index (κ1) is 7.09. The third-order valence-corrected chi connectivity index (χ3v) is 1.80. The van der Waals surface area contributed by atoms with E-state index in [0.717, 1.165) is 16.9 Å². The Morgan fingerprint density at radius 2 is 2.17 bits per heavy atom. The van der Waals surface area contributed by atoms with E-state index in [2.05, 4.69) is 10.1 Å². The monoisotopic (exact) mass is 162 g/mol. The van der Waals surface area contributed by atoms with Crippen LogP contribution in [0.5, 0.6) is 0 Å². The molecule has 0 aliphatic carbocycles. The Bertz CT molecular complexity index is 430. The summed E-state index contributed by atoms with van der Waals surface area (Å²) in [5.74, 6) is 0.630. The van der Waals surface area contributed by atoms with Crippen molar-refractivity contribution in [2.24, 2.45) is 0 Å². The minimum absolute atomic E-state index is 0.630. The van der Waals surface area contributed by atoms with Gasteiger partial charge in [-0.2, -0.15) is 9.61 Å². The first-order chi connectivity index (χ1) is 5.68. The summed E-state index contributed by atoms with van der Waals surface area (Å²) in [6.07, 6.45) is 1.76. The number of hydrogen-bond donors (Lipinski definition) is 1. The van der Waals surface area contributed by atoms with Crippen molar-refractivity contribution in [1.29, 1.82) is 0 Å². The number of rotatable bonds is 0. The van der Waals surface area contributed by atoms with Crippen molar-refractivity contribution in [3.8, 4) is 0 Å². The SMILES string of the molecule is Cc1cc(N)n2ncc(C)c2n1. The van der Waals surface area contributed by atoms with Crippen molar-refractivity contribution < 1.29 is 0 Å². The molecule has 4 heteroatoms. The Morgan fingerprint density at radius 1 is 1.42 bits per heavy atom. The molecule has 2 rings (SSSR count). The number of nitrogen functional groups attached to an aromatic ring is 1. The van der Waals surface area contributed by atoms with E-state index in [1.54, 1.807) is 16.8 Å². The lowest BCUT2D eigenvalue weighted by Gasteiger charge is -1.99. The minimum atomic E-state index is 0.630.